The second-order valence-corrected chi connectivity index (χ2v) is 15.1. The van der Waals surface area contributed by atoms with Crippen LogP contribution in [0.3, 0.4) is 0 Å². The highest BCUT2D eigenvalue weighted by atomic mass is 32.1. The van der Waals surface area contributed by atoms with Crippen LogP contribution < -0.4 is 0 Å². The Morgan fingerprint density at radius 3 is 1.59 bits per heavy atom. The highest BCUT2D eigenvalue weighted by Gasteiger charge is 2.22. The van der Waals surface area contributed by atoms with Crippen molar-refractivity contribution in [1.29, 1.82) is 0 Å². The molecule has 0 saturated heterocycles. The van der Waals surface area contributed by atoms with Gasteiger partial charge in [-0.15, -0.1) is 11.3 Å². The molecule has 4 nitrogen and oxygen atoms in total. The number of aromatic nitrogens is 3. The number of thiophene rings is 1. The normalized spacial score (nSPS) is 11.6. The van der Waals surface area contributed by atoms with Gasteiger partial charge in [-0.1, -0.05) is 152 Å². The van der Waals surface area contributed by atoms with Crippen molar-refractivity contribution >= 4 is 53.4 Å². The van der Waals surface area contributed by atoms with Gasteiger partial charge in [0, 0.05) is 47.6 Å². The molecule has 0 unspecified atom stereocenters. The summed E-state index contributed by atoms with van der Waals surface area (Å²) in [6.07, 6.45) is 0. The summed E-state index contributed by atoms with van der Waals surface area (Å²) in [6.45, 7) is 0. The molecule has 11 rings (SSSR count). The second-order valence-electron chi connectivity index (χ2n) is 14.0. The van der Waals surface area contributed by atoms with Crippen LogP contribution in [0.2, 0.25) is 0 Å². The molecular formula is C51H31N3OS. The Morgan fingerprint density at radius 1 is 0.321 bits per heavy atom. The first kappa shape index (κ1) is 32.2. The molecule has 262 valence electrons. The SMILES string of the molecule is c1ccc(-c2ccc(-c3nc(-c4ccccc4)nc(-c4cc(-c5cc6sc7ccccc7c6cc5-c5ccccc5)cc5oc6ccccc6c45)n3)cc2)cc1. The van der Waals surface area contributed by atoms with Crippen molar-refractivity contribution in [2.45, 2.75) is 0 Å². The smallest absolute Gasteiger partial charge is 0.164 e. The zero-order valence-corrected chi connectivity index (χ0v) is 30.9. The van der Waals surface area contributed by atoms with E-state index in [9.17, 15) is 0 Å². The number of nitrogens with zero attached hydrogens (tertiary/aromatic N) is 3. The highest BCUT2D eigenvalue weighted by molar-refractivity contribution is 7.25. The lowest BCUT2D eigenvalue weighted by molar-refractivity contribution is 0.669. The minimum Gasteiger partial charge on any atom is -0.456 e. The van der Waals surface area contributed by atoms with E-state index in [0.717, 1.165) is 72.0 Å². The molecule has 3 aromatic heterocycles. The van der Waals surface area contributed by atoms with Gasteiger partial charge in [-0.25, -0.2) is 15.0 Å². The summed E-state index contributed by atoms with van der Waals surface area (Å²) in [5, 5.41) is 4.52. The molecule has 0 spiro atoms. The third-order valence-electron chi connectivity index (χ3n) is 10.5. The molecule has 5 heteroatoms. The molecule has 0 radical (unpaired) electrons. The quantitative estimate of drug-likeness (QED) is 0.171. The van der Waals surface area contributed by atoms with Gasteiger partial charge in [-0.05, 0) is 69.8 Å². The van der Waals surface area contributed by atoms with Crippen molar-refractivity contribution in [3.8, 4) is 67.5 Å². The van der Waals surface area contributed by atoms with Crippen molar-refractivity contribution in [3.05, 3.63) is 188 Å². The van der Waals surface area contributed by atoms with Gasteiger partial charge in [-0.2, -0.15) is 0 Å². The minimum atomic E-state index is 0.587. The van der Waals surface area contributed by atoms with Crippen LogP contribution in [0.1, 0.15) is 0 Å². The Balaban J connectivity index is 1.18. The molecular weight excluding hydrogens is 703 g/mol. The van der Waals surface area contributed by atoms with Gasteiger partial charge in [-0.3, -0.25) is 0 Å². The number of rotatable bonds is 6. The maximum atomic E-state index is 6.67. The summed E-state index contributed by atoms with van der Waals surface area (Å²) in [4.78, 5) is 15.6. The Labute approximate surface area is 327 Å². The maximum Gasteiger partial charge on any atom is 0.164 e. The average Bonchev–Trinajstić information content (AvgIpc) is 3.84. The fourth-order valence-corrected chi connectivity index (χ4v) is 8.96. The standard InChI is InChI=1S/C51H31N3OS/c1-4-14-32(15-5-1)33-24-26-36(27-25-33)50-52-49(35-18-8-3-9-19-35)53-51(54-50)43-28-37(29-45-48(43)39-21-10-12-22-44(39)55-45)41-31-47-42(38-20-11-13-23-46(38)56-47)30-40(41)34-16-6-2-7-17-34/h1-31H. The zero-order valence-electron chi connectivity index (χ0n) is 30.1. The van der Waals surface area contributed by atoms with Gasteiger partial charge in [0.15, 0.2) is 17.5 Å². The second kappa shape index (κ2) is 13.3. The van der Waals surface area contributed by atoms with E-state index in [0.29, 0.717) is 17.5 Å². The van der Waals surface area contributed by atoms with Gasteiger partial charge in [0.25, 0.3) is 0 Å². The van der Waals surface area contributed by atoms with Crippen LogP contribution in [-0.2, 0) is 0 Å². The zero-order chi connectivity index (χ0) is 37.0. The van der Waals surface area contributed by atoms with Crippen molar-refractivity contribution < 1.29 is 4.42 Å². The lowest BCUT2D eigenvalue weighted by atomic mass is 9.91. The average molecular weight is 734 g/mol. The summed E-state index contributed by atoms with van der Waals surface area (Å²) in [5.41, 5.74) is 11.1. The molecule has 0 aliphatic heterocycles. The van der Waals surface area contributed by atoms with E-state index in [2.05, 4.69) is 140 Å². The van der Waals surface area contributed by atoms with Crippen LogP contribution in [-0.4, -0.2) is 15.0 Å². The largest absolute Gasteiger partial charge is 0.456 e. The predicted molar refractivity (Wildman–Crippen MR) is 233 cm³/mol. The Kier molecular flexibility index (Phi) is 7.64. The Hall–Kier alpha value is -7.21. The highest BCUT2D eigenvalue weighted by Crippen LogP contribution is 2.45. The molecule has 3 heterocycles. The first-order chi connectivity index (χ1) is 27.7. The summed E-state index contributed by atoms with van der Waals surface area (Å²) >= 11 is 1.82. The molecule has 0 N–H and O–H groups in total. The summed E-state index contributed by atoms with van der Waals surface area (Å²) in [5.74, 6) is 1.81. The summed E-state index contributed by atoms with van der Waals surface area (Å²) in [7, 11) is 0. The Morgan fingerprint density at radius 2 is 0.857 bits per heavy atom. The molecule has 56 heavy (non-hydrogen) atoms. The third-order valence-corrected chi connectivity index (χ3v) is 11.7. The lowest BCUT2D eigenvalue weighted by Gasteiger charge is -2.14. The van der Waals surface area contributed by atoms with E-state index >= 15 is 0 Å². The molecule has 0 amide bonds. The van der Waals surface area contributed by atoms with E-state index in [-0.39, 0.29) is 0 Å². The lowest BCUT2D eigenvalue weighted by Crippen LogP contribution is -2.01. The minimum absolute atomic E-state index is 0.587. The first-order valence-electron chi connectivity index (χ1n) is 18.7. The third kappa shape index (κ3) is 5.56. The van der Waals surface area contributed by atoms with Crippen molar-refractivity contribution in [2.24, 2.45) is 0 Å². The molecule has 0 aliphatic carbocycles. The van der Waals surface area contributed by atoms with Crippen LogP contribution in [0.4, 0.5) is 0 Å². The predicted octanol–water partition coefficient (Wildman–Crippen LogP) is 14.1. The van der Waals surface area contributed by atoms with Crippen LogP contribution >= 0.6 is 11.3 Å². The van der Waals surface area contributed by atoms with Crippen LogP contribution in [0, 0.1) is 0 Å². The number of fused-ring (bicyclic) bond motifs is 6. The van der Waals surface area contributed by atoms with Crippen molar-refractivity contribution in [3.63, 3.8) is 0 Å². The van der Waals surface area contributed by atoms with E-state index in [1.807, 2.05) is 59.9 Å². The molecule has 0 atom stereocenters. The summed E-state index contributed by atoms with van der Waals surface area (Å²) in [6, 6.07) is 65.7. The summed E-state index contributed by atoms with van der Waals surface area (Å²) < 4.78 is 9.18. The van der Waals surface area contributed by atoms with E-state index in [1.165, 1.54) is 20.2 Å². The molecule has 11 aromatic rings. The van der Waals surface area contributed by atoms with Crippen molar-refractivity contribution in [2.75, 3.05) is 0 Å². The monoisotopic (exact) mass is 733 g/mol. The molecule has 0 fully saturated rings. The van der Waals surface area contributed by atoms with E-state index in [1.54, 1.807) is 0 Å². The van der Waals surface area contributed by atoms with Crippen LogP contribution in [0.25, 0.3) is 110 Å². The topological polar surface area (TPSA) is 51.8 Å². The molecule has 0 saturated carbocycles. The van der Waals surface area contributed by atoms with E-state index < -0.39 is 0 Å². The van der Waals surface area contributed by atoms with Gasteiger partial charge in [0.05, 0.1) is 0 Å². The van der Waals surface area contributed by atoms with Crippen molar-refractivity contribution in [1.82, 2.24) is 15.0 Å². The van der Waals surface area contributed by atoms with Gasteiger partial charge in [0.2, 0.25) is 0 Å². The van der Waals surface area contributed by atoms with Crippen LogP contribution in [0.5, 0.6) is 0 Å². The van der Waals surface area contributed by atoms with Crippen LogP contribution in [0.15, 0.2) is 192 Å². The number of para-hydroxylation sites is 1. The Bertz CT molecular complexity index is 3230. The number of furan rings is 1. The molecule has 0 bridgehead atoms. The van der Waals surface area contributed by atoms with Gasteiger partial charge in [0.1, 0.15) is 11.2 Å². The fourth-order valence-electron chi connectivity index (χ4n) is 7.84. The first-order valence-corrected chi connectivity index (χ1v) is 19.5. The number of benzene rings is 8. The maximum absolute atomic E-state index is 6.67. The fraction of sp³-hybridized carbons (Fsp3) is 0. The molecule has 8 aromatic carbocycles. The number of hydrogen-bond acceptors (Lipinski definition) is 5. The number of hydrogen-bond donors (Lipinski definition) is 0. The van der Waals surface area contributed by atoms with Gasteiger partial charge < -0.3 is 4.42 Å². The molecule has 0 aliphatic rings. The van der Waals surface area contributed by atoms with Gasteiger partial charge >= 0.3 is 0 Å². The van der Waals surface area contributed by atoms with E-state index in [4.69, 9.17) is 19.4 Å².